The van der Waals surface area contributed by atoms with Crippen molar-refractivity contribution in [3.05, 3.63) is 124 Å². The van der Waals surface area contributed by atoms with Gasteiger partial charge in [-0.25, -0.2) is 14.6 Å². The van der Waals surface area contributed by atoms with E-state index < -0.39 is 126 Å². The number of thiocarbonyl (C=S) groups is 1. The van der Waals surface area contributed by atoms with Crippen molar-refractivity contribution in [3.8, 4) is 17.1 Å². The fourth-order valence-corrected chi connectivity index (χ4v) is 13.2. The van der Waals surface area contributed by atoms with Gasteiger partial charge in [0, 0.05) is 59.4 Å². The van der Waals surface area contributed by atoms with E-state index in [1.807, 2.05) is 82.3 Å². The highest BCUT2D eigenvalue weighted by molar-refractivity contribution is 7.80. The standard InChI is InChI=1S/C69H84N10O15S/c1-10-69(46-30-53-56-41(28-39-16-11-13-18-47(39)74-56)33-79(53)64(87)45(46)34-91-67(69)89)94-65(88)55(37(6)7)77-62(85)51(29-40-31-70-48-19-14-12-17-44(40)48)75-61(84)50(27-36(4)5)73-54(80)32-71-60(83)49(26-35(2)3)76-63(86)52-20-15-25-78(52)68(95)72-42-21-23-43(24-22-42)93-66-58(82)59(90-9)57(81)38(8)92-66/h11-14,16-19,21-24,28,30-31,35-38,49-52,55,57-59,66,70,81-82H,10,15,20,25-27,29,32-34H2,1-9H3,(H,71,83)(H,72,95)(H,73,80)(H,75,84)(H,76,86)(H,77,85)/t38-,49+,50-,51-,52-,55-,57+,58+,59+,66?,69?/m1/s1. The average Bonchev–Trinajstić information content (AvgIpc) is 1.59. The monoisotopic (exact) mass is 1320 g/mol. The molecule has 0 saturated carbocycles. The van der Waals surface area contributed by atoms with Gasteiger partial charge in [0.05, 0.1) is 41.7 Å². The number of amides is 5. The van der Waals surface area contributed by atoms with E-state index in [-0.39, 0.29) is 66.9 Å². The Kier molecular flexibility index (Phi) is 21.4. The Labute approximate surface area is 555 Å². The van der Waals surface area contributed by atoms with Gasteiger partial charge < -0.3 is 80.2 Å². The van der Waals surface area contributed by atoms with Gasteiger partial charge in [0.2, 0.25) is 41.4 Å². The first kappa shape index (κ1) is 69.0. The van der Waals surface area contributed by atoms with Gasteiger partial charge in [-0.15, -0.1) is 0 Å². The third kappa shape index (κ3) is 15.0. The van der Waals surface area contributed by atoms with Crippen LogP contribution in [-0.2, 0) is 77.7 Å². The number of aromatic nitrogens is 3. The van der Waals surface area contributed by atoms with Crippen LogP contribution in [0.2, 0.25) is 0 Å². The lowest BCUT2D eigenvalue weighted by atomic mass is 9.85. The lowest BCUT2D eigenvalue weighted by Gasteiger charge is -2.40. The number of carbonyl (C=O) groups excluding carboxylic acids is 7. The molecule has 0 spiro atoms. The predicted molar refractivity (Wildman–Crippen MR) is 355 cm³/mol. The fraction of sp³-hybridized carbons (Fsp3) is 0.478. The number of rotatable bonds is 24. The molecule has 26 heteroatoms. The molecule has 2 fully saturated rings. The molecule has 95 heavy (non-hydrogen) atoms. The van der Waals surface area contributed by atoms with Crippen molar-refractivity contribution in [2.45, 2.75) is 174 Å². The number of aliphatic hydroxyl groups excluding tert-OH is 2. The van der Waals surface area contributed by atoms with Crippen LogP contribution in [0.1, 0.15) is 110 Å². The number of aromatic amines is 1. The topological polar surface area (TPSA) is 332 Å². The largest absolute Gasteiger partial charge is 0.462 e. The summed E-state index contributed by atoms with van der Waals surface area (Å²) in [5, 5.41) is 40.1. The third-order valence-corrected chi connectivity index (χ3v) is 18.3. The van der Waals surface area contributed by atoms with Gasteiger partial charge in [-0.1, -0.05) is 84.9 Å². The summed E-state index contributed by atoms with van der Waals surface area (Å²) in [7, 11) is 1.38. The third-order valence-electron chi connectivity index (χ3n) is 18.0. The first-order chi connectivity index (χ1) is 45.4. The summed E-state index contributed by atoms with van der Waals surface area (Å²) < 4.78 is 30.3. The van der Waals surface area contributed by atoms with Crippen LogP contribution in [0.15, 0.2) is 95.9 Å². The number of pyridine rings is 2. The van der Waals surface area contributed by atoms with Gasteiger partial charge in [-0.3, -0.25) is 28.8 Å². The summed E-state index contributed by atoms with van der Waals surface area (Å²) in [6, 6.07) is 19.5. The second kappa shape index (κ2) is 29.4. The molecule has 2 unspecified atom stereocenters. The second-order valence-electron chi connectivity index (χ2n) is 26.0. The molecule has 6 aromatic rings. The van der Waals surface area contributed by atoms with E-state index in [2.05, 4.69) is 36.9 Å². The molecule has 10 rings (SSSR count). The number of ether oxygens (including phenoxy) is 5. The SMILES string of the molecule is CCC1(OC(=O)[C@H](NC(=O)[C@@H](Cc2c[nH]c3ccccc23)NC(=O)[C@@H](CC(C)C)NC(=O)CNC(=O)[C@H](CC(C)C)NC(=O)[C@H]2CCCN2C(=S)Nc2ccc(OC3O[C@H](C)[C@H](O)[C@H](OC)[C@@H]3O)cc2)C(C)C)C(=O)OCc2c1cc1n(c2=O)Cc2cc3ccccc3nc2-1. The van der Waals surface area contributed by atoms with Crippen LogP contribution in [0.4, 0.5) is 5.69 Å². The number of cyclic esters (lactones) is 1. The fourth-order valence-electron chi connectivity index (χ4n) is 12.9. The molecule has 506 valence electrons. The summed E-state index contributed by atoms with van der Waals surface area (Å²) in [4.78, 5) is 125. The minimum Gasteiger partial charge on any atom is -0.462 e. The van der Waals surface area contributed by atoms with Crippen molar-refractivity contribution in [2.75, 3.05) is 25.5 Å². The number of H-pyrrole nitrogens is 1. The van der Waals surface area contributed by atoms with Crippen molar-refractivity contribution in [2.24, 2.45) is 17.8 Å². The molecule has 4 aliphatic heterocycles. The molecule has 2 saturated heterocycles. The molecule has 7 heterocycles. The van der Waals surface area contributed by atoms with Gasteiger partial charge in [0.25, 0.3) is 5.56 Å². The summed E-state index contributed by atoms with van der Waals surface area (Å²) in [5.74, 6) is -5.73. The van der Waals surface area contributed by atoms with Crippen LogP contribution in [0.3, 0.4) is 0 Å². The van der Waals surface area contributed by atoms with Gasteiger partial charge in [-0.05, 0) is 123 Å². The number of methoxy groups -OCH3 is 1. The normalized spacial score (nSPS) is 21.8. The van der Waals surface area contributed by atoms with Crippen molar-refractivity contribution in [3.63, 3.8) is 0 Å². The van der Waals surface area contributed by atoms with Crippen LogP contribution >= 0.6 is 12.2 Å². The summed E-state index contributed by atoms with van der Waals surface area (Å²) >= 11 is 5.79. The van der Waals surface area contributed by atoms with E-state index in [4.69, 9.17) is 40.9 Å². The predicted octanol–water partition coefficient (Wildman–Crippen LogP) is 4.88. The average molecular weight is 1330 g/mol. The number of hydrogen-bond acceptors (Lipinski definition) is 17. The Balaban J connectivity index is 0.794. The number of nitrogens with zero attached hydrogens (tertiary/aromatic N) is 3. The second-order valence-corrected chi connectivity index (χ2v) is 26.4. The Morgan fingerprint density at radius 2 is 1.54 bits per heavy atom. The smallest absolute Gasteiger partial charge is 0.355 e. The molecule has 25 nitrogen and oxygen atoms in total. The number of likely N-dealkylation sites (tertiary alicyclic amines) is 1. The van der Waals surface area contributed by atoms with Gasteiger partial charge in [-0.2, -0.15) is 0 Å². The van der Waals surface area contributed by atoms with Crippen LogP contribution in [-0.4, -0.2) is 157 Å². The Morgan fingerprint density at radius 3 is 2.24 bits per heavy atom. The van der Waals surface area contributed by atoms with Crippen LogP contribution in [0.25, 0.3) is 33.2 Å². The molecule has 0 radical (unpaired) electrons. The molecule has 0 bridgehead atoms. The van der Waals surface area contributed by atoms with Crippen LogP contribution in [0.5, 0.6) is 5.75 Å². The number of fused-ring (bicyclic) bond motifs is 6. The molecule has 11 atom stereocenters. The minimum absolute atomic E-state index is 0.0677. The molecule has 9 N–H and O–H groups in total. The van der Waals surface area contributed by atoms with Gasteiger partial charge in [0.1, 0.15) is 60.9 Å². The number of benzene rings is 3. The maximum atomic E-state index is 14.9. The zero-order valence-electron chi connectivity index (χ0n) is 54.7. The number of hydrogen-bond donors (Lipinski definition) is 9. The highest BCUT2D eigenvalue weighted by Crippen LogP contribution is 2.42. The first-order valence-electron chi connectivity index (χ1n) is 32.4. The first-order valence-corrected chi connectivity index (χ1v) is 32.8. The van der Waals surface area contributed by atoms with Gasteiger partial charge in [0.15, 0.2) is 5.11 Å². The molecular formula is C69H84N10O15S. The number of aliphatic hydroxyl groups is 2. The zero-order valence-corrected chi connectivity index (χ0v) is 55.5. The lowest BCUT2D eigenvalue weighted by molar-refractivity contribution is -0.272. The van der Waals surface area contributed by atoms with E-state index in [0.717, 1.165) is 21.9 Å². The highest BCUT2D eigenvalue weighted by atomic mass is 32.1. The number of esters is 2. The Bertz CT molecular complexity index is 3950. The summed E-state index contributed by atoms with van der Waals surface area (Å²) in [6.07, 6.45) is -2.07. The van der Waals surface area contributed by atoms with E-state index in [9.17, 15) is 48.6 Å². The van der Waals surface area contributed by atoms with E-state index in [1.54, 1.807) is 73.7 Å². The molecular weight excluding hydrogens is 1240 g/mol. The Morgan fingerprint density at radius 1 is 0.842 bits per heavy atom. The maximum Gasteiger partial charge on any atom is 0.355 e. The Hall–Kier alpha value is -8.82. The summed E-state index contributed by atoms with van der Waals surface area (Å²) in [6.45, 7) is 13.9. The minimum atomic E-state index is -2.10. The van der Waals surface area contributed by atoms with Crippen LogP contribution in [0, 0.1) is 17.8 Å². The van der Waals surface area contributed by atoms with E-state index in [0.29, 0.717) is 53.3 Å². The van der Waals surface area contributed by atoms with Crippen molar-refractivity contribution in [1.82, 2.24) is 46.0 Å². The van der Waals surface area contributed by atoms with Crippen molar-refractivity contribution >= 4 is 86.3 Å². The number of carbonyl (C=O) groups is 7. The molecule has 5 amide bonds. The zero-order chi connectivity index (χ0) is 68.2. The highest BCUT2D eigenvalue weighted by Gasteiger charge is 2.52. The summed E-state index contributed by atoms with van der Waals surface area (Å²) in [5.41, 5.74) is 2.29. The number of nitrogens with one attached hydrogen (secondary N) is 7. The number of anilines is 1. The lowest BCUT2D eigenvalue weighted by Crippen LogP contribution is -2.59. The van der Waals surface area contributed by atoms with Gasteiger partial charge >= 0.3 is 11.9 Å². The maximum absolute atomic E-state index is 14.9. The molecule has 4 aliphatic rings. The van der Waals surface area contributed by atoms with E-state index in [1.165, 1.54) is 7.11 Å². The number of para-hydroxylation sites is 2. The molecule has 3 aromatic carbocycles. The molecule has 0 aliphatic carbocycles. The van der Waals surface area contributed by atoms with Crippen molar-refractivity contribution < 1.29 is 67.5 Å². The quantitative estimate of drug-likeness (QED) is 0.0287. The van der Waals surface area contributed by atoms with E-state index >= 15 is 0 Å². The van der Waals surface area contributed by atoms with Crippen LogP contribution < -0.4 is 42.2 Å². The molecule has 3 aromatic heterocycles. The van der Waals surface area contributed by atoms with Crippen molar-refractivity contribution in [1.29, 1.82) is 0 Å².